The van der Waals surface area contributed by atoms with E-state index in [0.717, 1.165) is 18.6 Å². The average Bonchev–Trinajstić information content (AvgIpc) is 2.90. The Morgan fingerprint density at radius 2 is 2.04 bits per heavy atom. The van der Waals surface area contributed by atoms with Crippen molar-refractivity contribution in [2.45, 2.75) is 44.5 Å². The molecule has 2 N–H and O–H groups in total. The Balaban J connectivity index is 1.62. The quantitative estimate of drug-likeness (QED) is 0.765. The molecule has 1 heterocycles. The van der Waals surface area contributed by atoms with Gasteiger partial charge in [0.2, 0.25) is 11.8 Å². The van der Waals surface area contributed by atoms with Crippen LogP contribution in [0.4, 0.5) is 18.9 Å². The van der Waals surface area contributed by atoms with Crippen LogP contribution in [0.5, 0.6) is 5.75 Å². The molecule has 1 aliphatic carbocycles. The van der Waals surface area contributed by atoms with Gasteiger partial charge >= 0.3 is 12.3 Å². The number of carbonyl (C=O) groups is 3. The van der Waals surface area contributed by atoms with Gasteiger partial charge in [-0.3, -0.25) is 14.4 Å². The van der Waals surface area contributed by atoms with Crippen molar-refractivity contribution in [1.82, 2.24) is 5.32 Å². The molecule has 1 saturated carbocycles. The number of ether oxygens (including phenoxy) is 1. The van der Waals surface area contributed by atoms with Gasteiger partial charge in [0.15, 0.2) is 0 Å². The second kappa shape index (κ2) is 7.33. The van der Waals surface area contributed by atoms with Gasteiger partial charge in [-0.15, -0.1) is 13.2 Å². The van der Waals surface area contributed by atoms with Gasteiger partial charge in [-0.1, -0.05) is 12.5 Å². The van der Waals surface area contributed by atoms with Crippen LogP contribution in [0.1, 0.15) is 32.1 Å². The molecule has 28 heavy (non-hydrogen) atoms. The molecular weight excluding hydrogens is 381 g/mol. The van der Waals surface area contributed by atoms with E-state index in [1.54, 1.807) is 0 Å². The van der Waals surface area contributed by atoms with Gasteiger partial charge in [-0.05, 0) is 31.4 Å². The number of halogens is 3. The van der Waals surface area contributed by atoms with Crippen molar-refractivity contribution in [3.63, 3.8) is 0 Å². The number of nitrogens with one attached hydrogen (secondary N) is 1. The number of amides is 2. The normalized spacial score (nSPS) is 21.2. The number of carboxylic acids is 1. The summed E-state index contributed by atoms with van der Waals surface area (Å²) < 4.78 is 41.0. The van der Waals surface area contributed by atoms with Crippen LogP contribution >= 0.6 is 0 Å². The summed E-state index contributed by atoms with van der Waals surface area (Å²) in [6.45, 7) is 0.212. The van der Waals surface area contributed by atoms with Gasteiger partial charge in [0.25, 0.3) is 0 Å². The molecule has 10 heteroatoms. The first-order valence-corrected chi connectivity index (χ1v) is 8.80. The van der Waals surface area contributed by atoms with Crippen molar-refractivity contribution in [3.8, 4) is 5.75 Å². The van der Waals surface area contributed by atoms with Crippen molar-refractivity contribution in [3.05, 3.63) is 24.3 Å². The molecule has 0 radical (unpaired) electrons. The minimum atomic E-state index is -4.84. The zero-order valence-electron chi connectivity index (χ0n) is 14.8. The third-order valence-electron chi connectivity index (χ3n) is 5.17. The average molecular weight is 400 g/mol. The Hall–Kier alpha value is -2.78. The van der Waals surface area contributed by atoms with E-state index in [0.29, 0.717) is 12.8 Å². The highest BCUT2D eigenvalue weighted by atomic mass is 19.4. The van der Waals surface area contributed by atoms with E-state index in [4.69, 9.17) is 0 Å². The van der Waals surface area contributed by atoms with Crippen molar-refractivity contribution in [1.29, 1.82) is 0 Å². The highest BCUT2D eigenvalue weighted by Crippen LogP contribution is 2.44. The summed E-state index contributed by atoms with van der Waals surface area (Å²) in [5, 5.41) is 11.9. The fourth-order valence-corrected chi connectivity index (χ4v) is 3.54. The molecule has 0 spiro atoms. The molecular formula is C18H19F3N2O5. The SMILES string of the molecule is O=C(CC1(C(=O)O)CCC1)NC1CCN(c2cccc(OC(F)(F)F)c2)C1=O. The van der Waals surface area contributed by atoms with E-state index < -0.39 is 41.4 Å². The second-order valence-electron chi connectivity index (χ2n) is 7.06. The molecule has 0 aromatic heterocycles. The number of hydrogen-bond donors (Lipinski definition) is 2. The molecule has 0 bridgehead atoms. The number of nitrogens with zero attached hydrogens (tertiary/aromatic N) is 1. The topological polar surface area (TPSA) is 95.9 Å². The minimum Gasteiger partial charge on any atom is -0.481 e. The lowest BCUT2D eigenvalue weighted by atomic mass is 9.66. The van der Waals surface area contributed by atoms with E-state index in [1.807, 2.05) is 0 Å². The van der Waals surface area contributed by atoms with Crippen molar-refractivity contribution in [2.24, 2.45) is 5.41 Å². The Kier molecular flexibility index (Phi) is 5.22. The standard InChI is InChI=1S/C18H19F3N2O5/c19-18(20,21)28-12-4-1-3-11(9-12)23-8-5-13(15(23)25)22-14(24)10-17(16(26)27)6-2-7-17/h1,3-4,9,13H,2,5-8,10H2,(H,22,24)(H,26,27). The maximum Gasteiger partial charge on any atom is 0.573 e. The van der Waals surface area contributed by atoms with Crippen LogP contribution in [0, 0.1) is 5.41 Å². The predicted molar refractivity (Wildman–Crippen MR) is 90.6 cm³/mol. The summed E-state index contributed by atoms with van der Waals surface area (Å²) in [7, 11) is 0. The summed E-state index contributed by atoms with van der Waals surface area (Å²) in [6, 6.07) is 4.19. The summed E-state index contributed by atoms with van der Waals surface area (Å²) >= 11 is 0. The van der Waals surface area contributed by atoms with Gasteiger partial charge in [0.1, 0.15) is 11.8 Å². The minimum absolute atomic E-state index is 0.193. The molecule has 1 aromatic carbocycles. The molecule has 2 aliphatic rings. The lowest BCUT2D eigenvalue weighted by Gasteiger charge is -2.37. The van der Waals surface area contributed by atoms with Crippen molar-refractivity contribution < 1.29 is 37.4 Å². The zero-order chi connectivity index (χ0) is 20.5. The van der Waals surface area contributed by atoms with Gasteiger partial charge in [-0.25, -0.2) is 0 Å². The lowest BCUT2D eigenvalue weighted by Crippen LogP contribution is -2.46. The van der Waals surface area contributed by atoms with Gasteiger partial charge in [0, 0.05) is 24.7 Å². The highest BCUT2D eigenvalue weighted by Gasteiger charge is 2.46. The smallest absolute Gasteiger partial charge is 0.481 e. The molecule has 1 aromatic rings. The number of rotatable bonds is 6. The van der Waals surface area contributed by atoms with Crippen LogP contribution in [-0.2, 0) is 14.4 Å². The molecule has 1 saturated heterocycles. The molecule has 152 valence electrons. The molecule has 7 nitrogen and oxygen atoms in total. The third-order valence-corrected chi connectivity index (χ3v) is 5.17. The fourth-order valence-electron chi connectivity index (χ4n) is 3.54. The number of carbonyl (C=O) groups excluding carboxylic acids is 2. The Morgan fingerprint density at radius 1 is 1.32 bits per heavy atom. The lowest BCUT2D eigenvalue weighted by molar-refractivity contribution is -0.274. The third kappa shape index (κ3) is 4.20. The Bertz CT molecular complexity index is 792. The Labute approximate surface area is 158 Å². The highest BCUT2D eigenvalue weighted by molar-refractivity contribution is 6.01. The molecule has 3 rings (SSSR count). The molecule has 1 unspecified atom stereocenters. The molecule has 2 fully saturated rings. The fraction of sp³-hybridized carbons (Fsp3) is 0.500. The van der Waals surface area contributed by atoms with Crippen LogP contribution < -0.4 is 15.0 Å². The van der Waals surface area contributed by atoms with Gasteiger partial charge < -0.3 is 20.1 Å². The van der Waals surface area contributed by atoms with E-state index in [-0.39, 0.29) is 25.1 Å². The van der Waals surface area contributed by atoms with Crippen LogP contribution in [0.3, 0.4) is 0 Å². The number of benzene rings is 1. The first-order valence-electron chi connectivity index (χ1n) is 8.80. The summed E-state index contributed by atoms with van der Waals surface area (Å²) in [5.74, 6) is -2.44. The number of anilines is 1. The zero-order valence-corrected chi connectivity index (χ0v) is 14.8. The number of alkyl halides is 3. The largest absolute Gasteiger partial charge is 0.573 e. The van der Waals surface area contributed by atoms with E-state index in [1.165, 1.54) is 17.0 Å². The van der Waals surface area contributed by atoms with E-state index >= 15 is 0 Å². The van der Waals surface area contributed by atoms with Crippen molar-refractivity contribution >= 4 is 23.5 Å². The van der Waals surface area contributed by atoms with Gasteiger partial charge in [0.05, 0.1) is 5.41 Å². The van der Waals surface area contributed by atoms with Crippen LogP contribution in [0.2, 0.25) is 0 Å². The molecule has 2 amide bonds. The maximum absolute atomic E-state index is 12.6. The first kappa shape index (κ1) is 20.0. The van der Waals surface area contributed by atoms with Crippen molar-refractivity contribution in [2.75, 3.05) is 11.4 Å². The van der Waals surface area contributed by atoms with Crippen LogP contribution in [0.25, 0.3) is 0 Å². The summed E-state index contributed by atoms with van der Waals surface area (Å²) in [5.41, 5.74) is -0.834. The number of carboxylic acid groups (broad SMARTS) is 1. The summed E-state index contributed by atoms with van der Waals surface area (Å²) in [6.07, 6.45) is -3.17. The van der Waals surface area contributed by atoms with Gasteiger partial charge in [-0.2, -0.15) is 0 Å². The number of hydrogen-bond acceptors (Lipinski definition) is 4. The summed E-state index contributed by atoms with van der Waals surface area (Å²) in [4.78, 5) is 37.4. The first-order chi connectivity index (χ1) is 13.1. The van der Waals surface area contributed by atoms with Crippen LogP contribution in [0.15, 0.2) is 24.3 Å². The van der Waals surface area contributed by atoms with E-state index in [2.05, 4.69) is 10.1 Å². The second-order valence-corrected chi connectivity index (χ2v) is 7.06. The Morgan fingerprint density at radius 3 is 2.61 bits per heavy atom. The molecule has 1 atom stereocenters. The predicted octanol–water partition coefficient (Wildman–Crippen LogP) is 2.45. The number of aliphatic carboxylic acids is 1. The maximum atomic E-state index is 12.6. The molecule has 1 aliphatic heterocycles. The monoisotopic (exact) mass is 400 g/mol. The van der Waals surface area contributed by atoms with Crippen LogP contribution in [-0.4, -0.2) is 41.8 Å². The van der Waals surface area contributed by atoms with E-state index in [9.17, 15) is 32.7 Å².